The van der Waals surface area contributed by atoms with Crippen LogP contribution in [0.4, 0.5) is 0 Å². The van der Waals surface area contributed by atoms with Crippen LogP contribution in [0.1, 0.15) is 53.0 Å². The van der Waals surface area contributed by atoms with E-state index >= 15 is 0 Å². The maximum absolute atomic E-state index is 12.9. The number of carbonyl (C=O) groups is 2. The van der Waals surface area contributed by atoms with Gasteiger partial charge in [-0.2, -0.15) is 0 Å². The molecule has 26 heavy (non-hydrogen) atoms. The lowest BCUT2D eigenvalue weighted by atomic mass is 10.1. The van der Waals surface area contributed by atoms with E-state index in [0.29, 0.717) is 5.89 Å². The predicted octanol–water partition coefficient (Wildman–Crippen LogP) is 3.04. The predicted molar refractivity (Wildman–Crippen MR) is 95.6 cm³/mol. The SMILES string of the molecule is O=C(NC1CC1)c1coc(CN(C(=O)C(Cl)c2ccccc2)C2CC2)n1. The molecule has 2 aliphatic rings. The first-order valence-corrected chi connectivity index (χ1v) is 9.30. The highest BCUT2D eigenvalue weighted by Crippen LogP contribution is 2.33. The van der Waals surface area contributed by atoms with Gasteiger partial charge in [0.15, 0.2) is 5.69 Å². The van der Waals surface area contributed by atoms with Crippen LogP contribution in [0.2, 0.25) is 0 Å². The van der Waals surface area contributed by atoms with Crippen LogP contribution in [-0.2, 0) is 11.3 Å². The maximum atomic E-state index is 12.9. The molecule has 2 amide bonds. The lowest BCUT2D eigenvalue weighted by Crippen LogP contribution is -2.35. The van der Waals surface area contributed by atoms with E-state index in [-0.39, 0.29) is 36.1 Å². The Hall–Kier alpha value is -2.34. The molecule has 0 saturated heterocycles. The Kier molecular flexibility index (Phi) is 4.68. The summed E-state index contributed by atoms with van der Waals surface area (Å²) in [5.41, 5.74) is 1.02. The Labute approximate surface area is 156 Å². The van der Waals surface area contributed by atoms with E-state index in [1.54, 1.807) is 4.90 Å². The molecule has 0 aliphatic heterocycles. The summed E-state index contributed by atoms with van der Waals surface area (Å²) < 4.78 is 5.42. The van der Waals surface area contributed by atoms with Crippen molar-refractivity contribution in [2.45, 2.75) is 49.7 Å². The minimum Gasteiger partial charge on any atom is -0.446 e. The number of aromatic nitrogens is 1. The van der Waals surface area contributed by atoms with Crippen LogP contribution in [0, 0.1) is 0 Å². The molecule has 2 aromatic rings. The molecule has 4 rings (SSSR count). The second-order valence-electron chi connectivity index (χ2n) is 6.84. The Morgan fingerprint density at radius 3 is 2.62 bits per heavy atom. The van der Waals surface area contributed by atoms with Gasteiger partial charge in [0.1, 0.15) is 11.6 Å². The number of alkyl halides is 1. The zero-order valence-electron chi connectivity index (χ0n) is 14.2. The summed E-state index contributed by atoms with van der Waals surface area (Å²) in [6, 6.07) is 9.70. The summed E-state index contributed by atoms with van der Waals surface area (Å²) in [6.45, 7) is 0.219. The van der Waals surface area contributed by atoms with Crippen molar-refractivity contribution in [3.05, 3.63) is 53.7 Å². The van der Waals surface area contributed by atoms with Gasteiger partial charge in [-0.05, 0) is 31.2 Å². The van der Waals surface area contributed by atoms with Gasteiger partial charge in [0, 0.05) is 12.1 Å². The molecule has 0 spiro atoms. The first kappa shape index (κ1) is 17.1. The number of hydrogen-bond acceptors (Lipinski definition) is 4. The number of oxazole rings is 1. The average molecular weight is 374 g/mol. The topological polar surface area (TPSA) is 75.4 Å². The molecule has 1 atom stereocenters. The van der Waals surface area contributed by atoms with E-state index in [2.05, 4.69) is 10.3 Å². The van der Waals surface area contributed by atoms with Crippen LogP contribution in [0.15, 0.2) is 41.0 Å². The molecule has 7 heteroatoms. The van der Waals surface area contributed by atoms with Crippen molar-refractivity contribution in [3.8, 4) is 0 Å². The number of rotatable bonds is 7. The summed E-state index contributed by atoms with van der Waals surface area (Å²) in [5.74, 6) is -0.0445. The highest BCUT2D eigenvalue weighted by molar-refractivity contribution is 6.30. The molecule has 0 bridgehead atoms. The van der Waals surface area contributed by atoms with Gasteiger partial charge in [-0.15, -0.1) is 11.6 Å². The first-order chi connectivity index (χ1) is 12.6. The normalized spacial score (nSPS) is 17.6. The second-order valence-corrected chi connectivity index (χ2v) is 7.28. The van der Waals surface area contributed by atoms with Crippen molar-refractivity contribution in [3.63, 3.8) is 0 Å². The number of hydrogen-bond donors (Lipinski definition) is 1. The van der Waals surface area contributed by atoms with Gasteiger partial charge < -0.3 is 14.6 Å². The van der Waals surface area contributed by atoms with E-state index in [4.69, 9.17) is 16.0 Å². The third kappa shape index (κ3) is 3.90. The van der Waals surface area contributed by atoms with Crippen molar-refractivity contribution in [2.75, 3.05) is 0 Å². The minimum atomic E-state index is -0.746. The number of carbonyl (C=O) groups excluding carboxylic acids is 2. The standard InChI is InChI=1S/C19H20ClN3O3/c20-17(12-4-2-1-3-5-12)19(25)23(14-8-9-14)10-16-22-15(11-26-16)18(24)21-13-6-7-13/h1-5,11,13-14,17H,6-10H2,(H,21,24). The second kappa shape index (κ2) is 7.11. The molecule has 2 fully saturated rings. The smallest absolute Gasteiger partial charge is 0.273 e. The van der Waals surface area contributed by atoms with E-state index < -0.39 is 5.38 Å². The summed E-state index contributed by atoms with van der Waals surface area (Å²) in [4.78, 5) is 30.8. The molecular weight excluding hydrogens is 354 g/mol. The fourth-order valence-electron chi connectivity index (χ4n) is 2.80. The Morgan fingerprint density at radius 1 is 1.23 bits per heavy atom. The van der Waals surface area contributed by atoms with Gasteiger partial charge in [-0.3, -0.25) is 9.59 Å². The highest BCUT2D eigenvalue weighted by atomic mass is 35.5. The maximum Gasteiger partial charge on any atom is 0.273 e. The lowest BCUT2D eigenvalue weighted by molar-refractivity contribution is -0.132. The summed E-state index contributed by atoms with van der Waals surface area (Å²) >= 11 is 6.40. The highest BCUT2D eigenvalue weighted by Gasteiger charge is 2.37. The Balaban J connectivity index is 1.44. The molecular formula is C19H20ClN3O3. The molecule has 1 N–H and O–H groups in total. The van der Waals surface area contributed by atoms with Gasteiger partial charge in [-0.1, -0.05) is 30.3 Å². The van der Waals surface area contributed by atoms with Gasteiger partial charge >= 0.3 is 0 Å². The molecule has 1 aromatic carbocycles. The molecule has 2 saturated carbocycles. The number of nitrogens with zero attached hydrogens (tertiary/aromatic N) is 2. The van der Waals surface area contributed by atoms with Gasteiger partial charge in [0.05, 0.1) is 6.54 Å². The minimum absolute atomic E-state index is 0.156. The third-order valence-corrected chi connectivity index (χ3v) is 5.02. The van der Waals surface area contributed by atoms with Crippen molar-refractivity contribution < 1.29 is 14.0 Å². The fourth-order valence-corrected chi connectivity index (χ4v) is 3.07. The van der Waals surface area contributed by atoms with Crippen LogP contribution in [0.3, 0.4) is 0 Å². The van der Waals surface area contributed by atoms with E-state index in [1.165, 1.54) is 6.26 Å². The molecule has 2 aliphatic carbocycles. The Bertz CT molecular complexity index is 799. The monoisotopic (exact) mass is 373 g/mol. The number of nitrogens with one attached hydrogen (secondary N) is 1. The van der Waals surface area contributed by atoms with Crippen LogP contribution < -0.4 is 5.32 Å². The molecule has 6 nitrogen and oxygen atoms in total. The van der Waals surface area contributed by atoms with Crippen molar-refractivity contribution in [2.24, 2.45) is 0 Å². The lowest BCUT2D eigenvalue weighted by Gasteiger charge is -2.23. The third-order valence-electron chi connectivity index (χ3n) is 4.58. The summed E-state index contributed by atoms with van der Waals surface area (Å²) in [6.07, 6.45) is 5.26. The van der Waals surface area contributed by atoms with Crippen LogP contribution >= 0.6 is 11.6 Å². The largest absolute Gasteiger partial charge is 0.446 e. The zero-order valence-corrected chi connectivity index (χ0v) is 15.0. The quantitative estimate of drug-likeness (QED) is 0.757. The van der Waals surface area contributed by atoms with Gasteiger partial charge in [-0.25, -0.2) is 4.98 Å². The molecule has 1 unspecified atom stereocenters. The van der Waals surface area contributed by atoms with Gasteiger partial charge in [0.2, 0.25) is 11.8 Å². The van der Waals surface area contributed by atoms with Crippen molar-refractivity contribution in [1.82, 2.24) is 15.2 Å². The van der Waals surface area contributed by atoms with E-state index in [0.717, 1.165) is 31.2 Å². The van der Waals surface area contributed by atoms with Crippen LogP contribution in [0.25, 0.3) is 0 Å². The Morgan fingerprint density at radius 2 is 1.96 bits per heavy atom. The molecule has 0 radical (unpaired) electrons. The summed E-state index contributed by atoms with van der Waals surface area (Å²) in [7, 11) is 0. The molecule has 1 heterocycles. The number of amides is 2. The number of halogens is 1. The van der Waals surface area contributed by atoms with Crippen molar-refractivity contribution in [1.29, 1.82) is 0 Å². The summed E-state index contributed by atoms with van der Waals surface area (Å²) in [5, 5.41) is 2.13. The molecule has 1 aromatic heterocycles. The van der Waals surface area contributed by atoms with Crippen LogP contribution in [-0.4, -0.2) is 33.8 Å². The molecule has 136 valence electrons. The van der Waals surface area contributed by atoms with Crippen molar-refractivity contribution >= 4 is 23.4 Å². The number of benzene rings is 1. The van der Waals surface area contributed by atoms with Crippen LogP contribution in [0.5, 0.6) is 0 Å². The average Bonchev–Trinajstić information content (AvgIpc) is 3.59. The van der Waals surface area contributed by atoms with E-state index in [1.807, 2.05) is 30.3 Å². The zero-order chi connectivity index (χ0) is 18.1. The van der Waals surface area contributed by atoms with Gasteiger partial charge in [0.25, 0.3) is 5.91 Å². The van der Waals surface area contributed by atoms with E-state index in [9.17, 15) is 9.59 Å². The fraction of sp³-hybridized carbons (Fsp3) is 0.421. The first-order valence-electron chi connectivity index (χ1n) is 8.86.